The van der Waals surface area contributed by atoms with Crippen molar-refractivity contribution in [1.82, 2.24) is 4.90 Å². The maximum absolute atomic E-state index is 10.1. The highest BCUT2D eigenvalue weighted by molar-refractivity contribution is 5.43. The Balaban J connectivity index is 1.15. The summed E-state index contributed by atoms with van der Waals surface area (Å²) in [4.78, 5) is 2.42. The Morgan fingerprint density at radius 2 is 1.84 bits per heavy atom. The van der Waals surface area contributed by atoms with Gasteiger partial charge in [-0.25, -0.2) is 0 Å². The van der Waals surface area contributed by atoms with Gasteiger partial charge in [-0.05, 0) is 133 Å². The van der Waals surface area contributed by atoms with Gasteiger partial charge in [0.15, 0.2) is 11.5 Å². The van der Waals surface area contributed by atoms with E-state index in [1.165, 1.54) is 48.8 Å². The quantitative estimate of drug-likeness (QED) is 0.395. The van der Waals surface area contributed by atoms with Crippen LogP contribution in [0.15, 0.2) is 36.4 Å². The zero-order valence-electron chi connectivity index (χ0n) is 24.1. The molecule has 1 spiro atoms. The number of methoxy groups -OCH3 is 1. The number of fused-ring (bicyclic) bond motifs is 6. The molecule has 2 aromatic carbocycles. The van der Waals surface area contributed by atoms with Crippen LogP contribution in [0.5, 0.6) is 17.2 Å². The number of hydrogen-bond acceptors (Lipinski definition) is 4. The van der Waals surface area contributed by atoms with Crippen molar-refractivity contribution < 1.29 is 14.6 Å². The fourth-order valence-electron chi connectivity index (χ4n) is 9.57. The minimum atomic E-state index is 0.419. The van der Waals surface area contributed by atoms with Crippen LogP contribution in [0.4, 0.5) is 0 Å². The van der Waals surface area contributed by atoms with Gasteiger partial charge in [0.25, 0.3) is 0 Å². The third-order valence-corrected chi connectivity index (χ3v) is 11.7. The van der Waals surface area contributed by atoms with Crippen LogP contribution >= 0.6 is 0 Å². The highest BCUT2D eigenvalue weighted by atomic mass is 16.5. The van der Waals surface area contributed by atoms with E-state index in [9.17, 15) is 5.11 Å². The second kappa shape index (κ2) is 9.77. The SMILES string of the molecule is CCN(CC)Cc1ccc(OC[C@@H]2CC23CC[C@H]2[C@@H]4[C@H](C)Cc5cc(O)ccc5[C@H]4CC[C@@]23C)c(OC)c1. The molecular formula is C34H47NO3. The number of phenols is 1. The van der Waals surface area contributed by atoms with Crippen molar-refractivity contribution in [3.63, 3.8) is 0 Å². The first-order valence-corrected chi connectivity index (χ1v) is 15.2. The van der Waals surface area contributed by atoms with Crippen LogP contribution in [0.25, 0.3) is 0 Å². The summed E-state index contributed by atoms with van der Waals surface area (Å²) in [5, 5.41) is 10.1. The molecule has 3 saturated carbocycles. The Hall–Kier alpha value is -2.20. The monoisotopic (exact) mass is 517 g/mol. The van der Waals surface area contributed by atoms with Crippen LogP contribution in [-0.4, -0.2) is 36.8 Å². The standard InChI is InChI=1S/C34H47NO3/c1-6-35(7-2)20-23-8-11-30(31(17-23)37-5)38-21-25-19-34(25)15-13-29-32-22(3)16-24-18-26(36)9-10-27(24)28(32)12-14-33(29,34)4/h8-11,17-18,22,25,28-29,32,36H,6-7,12-16,19-21H2,1-5H3/t22-,25+,28-,29+,32-,33+,34?/m1/s1. The van der Waals surface area contributed by atoms with Crippen molar-refractivity contribution >= 4 is 0 Å². The Labute approximate surface area is 229 Å². The summed E-state index contributed by atoms with van der Waals surface area (Å²) in [6, 6.07) is 12.7. The van der Waals surface area contributed by atoms with Crippen molar-refractivity contribution in [2.24, 2.45) is 34.5 Å². The summed E-state index contributed by atoms with van der Waals surface area (Å²) >= 11 is 0. The summed E-state index contributed by atoms with van der Waals surface area (Å²) < 4.78 is 12.3. The summed E-state index contributed by atoms with van der Waals surface area (Å²) in [5.41, 5.74) is 5.07. The van der Waals surface area contributed by atoms with Gasteiger partial charge in [-0.15, -0.1) is 0 Å². The van der Waals surface area contributed by atoms with Crippen molar-refractivity contribution in [3.05, 3.63) is 53.1 Å². The molecule has 4 aliphatic rings. The molecule has 0 heterocycles. The molecule has 4 aliphatic carbocycles. The van der Waals surface area contributed by atoms with Gasteiger partial charge >= 0.3 is 0 Å². The van der Waals surface area contributed by atoms with Crippen molar-refractivity contribution in [3.8, 4) is 17.2 Å². The van der Waals surface area contributed by atoms with Gasteiger partial charge in [0.2, 0.25) is 0 Å². The number of ether oxygens (including phenoxy) is 2. The molecule has 0 aliphatic heterocycles. The Kier molecular flexibility index (Phi) is 6.69. The molecule has 4 nitrogen and oxygen atoms in total. The summed E-state index contributed by atoms with van der Waals surface area (Å²) in [6.45, 7) is 13.4. The molecule has 1 N–H and O–H groups in total. The number of nitrogens with zero attached hydrogens (tertiary/aromatic N) is 1. The normalized spacial score (nSPS) is 35.1. The summed E-state index contributed by atoms with van der Waals surface area (Å²) in [6.07, 6.45) is 7.78. The lowest BCUT2D eigenvalue weighted by Crippen LogP contribution is -2.46. The molecule has 1 unspecified atom stereocenters. The number of rotatable bonds is 8. The van der Waals surface area contributed by atoms with Crippen LogP contribution in [-0.2, 0) is 13.0 Å². The van der Waals surface area contributed by atoms with E-state index in [-0.39, 0.29) is 0 Å². The molecule has 7 atom stereocenters. The van der Waals surface area contributed by atoms with E-state index < -0.39 is 0 Å². The van der Waals surface area contributed by atoms with E-state index >= 15 is 0 Å². The molecule has 0 amide bonds. The lowest BCUT2D eigenvalue weighted by molar-refractivity contribution is -0.00966. The Morgan fingerprint density at radius 1 is 1.03 bits per heavy atom. The van der Waals surface area contributed by atoms with E-state index in [2.05, 4.69) is 56.9 Å². The lowest BCUT2D eigenvalue weighted by atomic mass is 9.51. The van der Waals surface area contributed by atoms with Crippen molar-refractivity contribution in [2.45, 2.75) is 78.7 Å². The van der Waals surface area contributed by atoms with E-state index in [4.69, 9.17) is 9.47 Å². The second-order valence-electron chi connectivity index (χ2n) is 13.2. The van der Waals surface area contributed by atoms with E-state index in [1.807, 2.05) is 12.1 Å². The van der Waals surface area contributed by atoms with Crippen LogP contribution < -0.4 is 9.47 Å². The number of benzene rings is 2. The average molecular weight is 518 g/mol. The van der Waals surface area contributed by atoms with E-state index in [1.54, 1.807) is 7.11 Å². The highest BCUT2D eigenvalue weighted by Crippen LogP contribution is 2.78. The molecule has 0 saturated heterocycles. The zero-order valence-corrected chi connectivity index (χ0v) is 24.1. The first-order chi connectivity index (χ1) is 18.3. The second-order valence-corrected chi connectivity index (χ2v) is 13.2. The van der Waals surface area contributed by atoms with Crippen LogP contribution in [0.3, 0.4) is 0 Å². The lowest BCUT2D eigenvalue weighted by Gasteiger charge is -2.54. The minimum Gasteiger partial charge on any atom is -0.508 e. The first-order valence-electron chi connectivity index (χ1n) is 15.2. The van der Waals surface area contributed by atoms with Gasteiger partial charge < -0.3 is 14.6 Å². The topological polar surface area (TPSA) is 41.9 Å². The number of aromatic hydroxyl groups is 1. The molecule has 0 radical (unpaired) electrons. The highest BCUT2D eigenvalue weighted by Gasteiger charge is 2.71. The molecule has 2 aromatic rings. The summed E-state index contributed by atoms with van der Waals surface area (Å²) in [7, 11) is 1.76. The van der Waals surface area contributed by atoms with Gasteiger partial charge in [-0.3, -0.25) is 4.90 Å². The molecule has 0 bridgehead atoms. The number of hydrogen-bond donors (Lipinski definition) is 1. The average Bonchev–Trinajstić information content (AvgIpc) is 3.56. The smallest absolute Gasteiger partial charge is 0.161 e. The Morgan fingerprint density at radius 3 is 2.61 bits per heavy atom. The third kappa shape index (κ3) is 4.05. The fourth-order valence-corrected chi connectivity index (χ4v) is 9.57. The zero-order chi connectivity index (χ0) is 26.7. The molecule has 38 heavy (non-hydrogen) atoms. The Bertz CT molecular complexity index is 1170. The van der Waals surface area contributed by atoms with Gasteiger partial charge in [-0.2, -0.15) is 0 Å². The molecular weight excluding hydrogens is 470 g/mol. The van der Waals surface area contributed by atoms with Crippen LogP contribution in [0.2, 0.25) is 0 Å². The van der Waals surface area contributed by atoms with Crippen LogP contribution in [0.1, 0.15) is 82.4 Å². The van der Waals surface area contributed by atoms with Crippen molar-refractivity contribution in [2.75, 3.05) is 26.8 Å². The maximum atomic E-state index is 10.1. The largest absolute Gasteiger partial charge is 0.508 e. The number of phenolic OH excluding ortho intramolecular Hbond substituents is 1. The van der Waals surface area contributed by atoms with E-state index in [0.717, 1.165) is 56.0 Å². The molecule has 206 valence electrons. The van der Waals surface area contributed by atoms with E-state index in [0.29, 0.717) is 34.3 Å². The van der Waals surface area contributed by atoms with Gasteiger partial charge in [0, 0.05) is 6.54 Å². The minimum absolute atomic E-state index is 0.419. The van der Waals surface area contributed by atoms with Crippen LogP contribution in [0, 0.1) is 34.5 Å². The van der Waals surface area contributed by atoms with Crippen molar-refractivity contribution in [1.29, 1.82) is 0 Å². The molecule has 3 fully saturated rings. The molecule has 6 rings (SSSR count). The predicted molar refractivity (Wildman–Crippen MR) is 153 cm³/mol. The fraction of sp³-hybridized carbons (Fsp3) is 0.647. The first kappa shape index (κ1) is 26.0. The van der Waals surface area contributed by atoms with Gasteiger partial charge in [0.05, 0.1) is 13.7 Å². The third-order valence-electron chi connectivity index (χ3n) is 11.7. The molecule has 0 aromatic heterocycles. The van der Waals surface area contributed by atoms with Gasteiger partial charge in [-0.1, -0.05) is 39.8 Å². The maximum Gasteiger partial charge on any atom is 0.161 e. The molecule has 4 heteroatoms. The van der Waals surface area contributed by atoms with Gasteiger partial charge in [0.1, 0.15) is 5.75 Å². The predicted octanol–water partition coefficient (Wildman–Crippen LogP) is 7.43. The summed E-state index contributed by atoms with van der Waals surface area (Å²) in [5.74, 6) is 5.74.